The van der Waals surface area contributed by atoms with Crippen LogP contribution in [0.5, 0.6) is 11.5 Å². The third kappa shape index (κ3) is 6.92. The van der Waals surface area contributed by atoms with Crippen molar-refractivity contribution in [1.82, 2.24) is 15.5 Å². The Labute approximate surface area is 203 Å². The number of para-hydroxylation sites is 2. The van der Waals surface area contributed by atoms with E-state index in [4.69, 9.17) is 26.4 Å². The van der Waals surface area contributed by atoms with Crippen LogP contribution >= 0.6 is 12.2 Å². The van der Waals surface area contributed by atoms with Gasteiger partial charge in [0.05, 0.1) is 18.6 Å². The van der Waals surface area contributed by atoms with Crippen LogP contribution in [0.25, 0.3) is 0 Å². The van der Waals surface area contributed by atoms with Gasteiger partial charge in [0.2, 0.25) is 5.91 Å². The van der Waals surface area contributed by atoms with Gasteiger partial charge < -0.3 is 24.4 Å². The predicted molar refractivity (Wildman–Crippen MR) is 129 cm³/mol. The van der Waals surface area contributed by atoms with Crippen LogP contribution in [0.15, 0.2) is 54.6 Å². The first-order chi connectivity index (χ1) is 16.5. The molecule has 34 heavy (non-hydrogen) atoms. The molecule has 3 rings (SSSR count). The fraction of sp³-hybridized carbons (Fsp3) is 0.333. The number of esters is 1. The molecule has 180 valence electrons. The predicted octanol–water partition coefficient (Wildman–Crippen LogP) is 1.91. The van der Waals surface area contributed by atoms with Gasteiger partial charge in [-0.05, 0) is 43.4 Å². The van der Waals surface area contributed by atoms with Crippen LogP contribution in [0.2, 0.25) is 0 Å². The fourth-order valence-corrected chi connectivity index (χ4v) is 3.69. The summed E-state index contributed by atoms with van der Waals surface area (Å²) in [6.07, 6.45) is -0.170. The van der Waals surface area contributed by atoms with Crippen molar-refractivity contribution < 1.29 is 28.6 Å². The molecule has 1 unspecified atom stereocenters. The lowest BCUT2D eigenvalue weighted by atomic mass is 10.1. The van der Waals surface area contributed by atoms with E-state index >= 15 is 0 Å². The van der Waals surface area contributed by atoms with Crippen LogP contribution in [0.4, 0.5) is 0 Å². The molecule has 1 fully saturated rings. The molecule has 0 aromatic heterocycles. The second kappa shape index (κ2) is 12.5. The zero-order valence-electron chi connectivity index (χ0n) is 18.8. The van der Waals surface area contributed by atoms with Gasteiger partial charge in [0.1, 0.15) is 30.8 Å². The highest BCUT2D eigenvalue weighted by Crippen LogP contribution is 2.19. The summed E-state index contributed by atoms with van der Waals surface area (Å²) in [6.45, 7) is 3.13. The van der Waals surface area contributed by atoms with E-state index in [1.54, 1.807) is 31.2 Å². The number of nitrogens with one attached hydrogen (secondary N) is 2. The molecule has 2 amide bonds. The number of ether oxygens (including phenoxy) is 3. The molecule has 10 heteroatoms. The van der Waals surface area contributed by atoms with E-state index in [2.05, 4.69) is 10.6 Å². The van der Waals surface area contributed by atoms with Crippen molar-refractivity contribution in [3.8, 4) is 11.5 Å². The maximum Gasteiger partial charge on any atom is 0.308 e. The molecule has 0 spiro atoms. The summed E-state index contributed by atoms with van der Waals surface area (Å²) in [5.41, 5.74) is 0.285. The van der Waals surface area contributed by atoms with Crippen molar-refractivity contribution >= 4 is 35.1 Å². The van der Waals surface area contributed by atoms with E-state index in [9.17, 15) is 14.4 Å². The number of hydrogen-bond donors (Lipinski definition) is 2. The summed E-state index contributed by atoms with van der Waals surface area (Å²) in [7, 11) is 0. The van der Waals surface area contributed by atoms with E-state index in [1.165, 1.54) is 4.90 Å². The van der Waals surface area contributed by atoms with Crippen LogP contribution in [0.1, 0.15) is 23.7 Å². The number of carbonyl (C=O) groups excluding carboxylic acids is 3. The van der Waals surface area contributed by atoms with Crippen molar-refractivity contribution in [2.24, 2.45) is 0 Å². The molecule has 0 bridgehead atoms. The van der Waals surface area contributed by atoms with Crippen molar-refractivity contribution in [2.45, 2.75) is 19.4 Å². The second-order valence-corrected chi connectivity index (χ2v) is 7.66. The van der Waals surface area contributed by atoms with Crippen molar-refractivity contribution in [1.29, 1.82) is 0 Å². The standard InChI is InChI=1S/C24H27N3O6S/c1-2-31-21(28)16-19-23(30)25-12-13-27(19)24(34)26-22(29)18-10-6-7-11-20(18)33-15-14-32-17-8-4-3-5-9-17/h3-11,19H,2,12-16H2,1H3,(H,25,30)(H,26,29,34). The molecule has 1 atom stereocenters. The van der Waals surface area contributed by atoms with Gasteiger partial charge in [0.25, 0.3) is 5.91 Å². The number of rotatable bonds is 9. The minimum absolute atomic E-state index is 0.0522. The molecule has 0 radical (unpaired) electrons. The first-order valence-electron chi connectivity index (χ1n) is 10.9. The van der Waals surface area contributed by atoms with Gasteiger partial charge in [-0.15, -0.1) is 0 Å². The first kappa shape index (κ1) is 25.0. The summed E-state index contributed by atoms with van der Waals surface area (Å²) < 4.78 is 16.3. The normalized spacial score (nSPS) is 15.1. The van der Waals surface area contributed by atoms with E-state index < -0.39 is 17.9 Å². The SMILES string of the molecule is CCOC(=O)CC1C(=O)NCCN1C(=S)NC(=O)c1ccccc1OCCOc1ccccc1. The molecule has 2 aromatic rings. The lowest BCUT2D eigenvalue weighted by molar-refractivity contribution is -0.147. The minimum Gasteiger partial charge on any atom is -0.490 e. The van der Waals surface area contributed by atoms with Crippen LogP contribution in [-0.4, -0.2) is 66.7 Å². The largest absolute Gasteiger partial charge is 0.490 e. The van der Waals surface area contributed by atoms with E-state index in [0.717, 1.165) is 5.75 Å². The van der Waals surface area contributed by atoms with Gasteiger partial charge in [-0.1, -0.05) is 30.3 Å². The Bertz CT molecular complexity index is 1020. The minimum atomic E-state index is -0.859. The van der Waals surface area contributed by atoms with Crippen molar-refractivity contribution in [2.75, 3.05) is 32.9 Å². The zero-order valence-corrected chi connectivity index (χ0v) is 19.6. The highest BCUT2D eigenvalue weighted by molar-refractivity contribution is 7.80. The third-order valence-electron chi connectivity index (χ3n) is 4.96. The average Bonchev–Trinajstić information content (AvgIpc) is 2.84. The van der Waals surface area contributed by atoms with E-state index in [1.807, 2.05) is 30.3 Å². The summed E-state index contributed by atoms with van der Waals surface area (Å²) in [5, 5.41) is 5.41. The van der Waals surface area contributed by atoms with Crippen molar-refractivity contribution in [3.05, 3.63) is 60.2 Å². The van der Waals surface area contributed by atoms with Gasteiger partial charge in [-0.3, -0.25) is 19.7 Å². The lowest BCUT2D eigenvalue weighted by Gasteiger charge is -2.36. The average molecular weight is 486 g/mol. The van der Waals surface area contributed by atoms with Gasteiger partial charge in [0, 0.05) is 13.1 Å². The zero-order chi connectivity index (χ0) is 24.3. The molecule has 0 aliphatic carbocycles. The van der Waals surface area contributed by atoms with Crippen LogP contribution < -0.4 is 20.1 Å². The Kier molecular flexibility index (Phi) is 9.21. The van der Waals surface area contributed by atoms with Gasteiger partial charge >= 0.3 is 5.97 Å². The quantitative estimate of drug-likeness (QED) is 0.315. The first-order valence-corrected chi connectivity index (χ1v) is 11.4. The number of hydrogen-bond acceptors (Lipinski definition) is 7. The van der Waals surface area contributed by atoms with Crippen molar-refractivity contribution in [3.63, 3.8) is 0 Å². The van der Waals surface area contributed by atoms with E-state index in [-0.39, 0.29) is 36.2 Å². The molecular weight excluding hydrogens is 458 g/mol. The summed E-state index contributed by atoms with van der Waals surface area (Å²) in [4.78, 5) is 38.8. The Morgan fingerprint density at radius 2 is 1.79 bits per heavy atom. The molecule has 1 aliphatic rings. The molecule has 1 saturated heterocycles. The number of nitrogens with zero attached hydrogens (tertiary/aromatic N) is 1. The summed E-state index contributed by atoms with van der Waals surface area (Å²) in [6, 6.07) is 15.2. The summed E-state index contributed by atoms with van der Waals surface area (Å²) in [5.74, 6) is -0.243. The maximum atomic E-state index is 13.0. The number of amides is 2. The van der Waals surface area contributed by atoms with Crippen LogP contribution in [-0.2, 0) is 14.3 Å². The molecular formula is C24H27N3O6S. The lowest BCUT2D eigenvalue weighted by Crippen LogP contribution is -2.60. The monoisotopic (exact) mass is 485 g/mol. The van der Waals surface area contributed by atoms with Gasteiger partial charge in [0.15, 0.2) is 5.11 Å². The van der Waals surface area contributed by atoms with E-state index in [0.29, 0.717) is 25.4 Å². The highest BCUT2D eigenvalue weighted by atomic mass is 32.1. The Morgan fingerprint density at radius 3 is 2.56 bits per heavy atom. The molecule has 2 aromatic carbocycles. The van der Waals surface area contributed by atoms with Crippen LogP contribution in [0, 0.1) is 0 Å². The molecule has 1 heterocycles. The molecule has 2 N–H and O–H groups in total. The topological polar surface area (TPSA) is 106 Å². The van der Waals surface area contributed by atoms with Gasteiger partial charge in [-0.25, -0.2) is 0 Å². The van der Waals surface area contributed by atoms with Gasteiger partial charge in [-0.2, -0.15) is 0 Å². The van der Waals surface area contributed by atoms with Crippen LogP contribution in [0.3, 0.4) is 0 Å². The number of piperazine rings is 1. The summed E-state index contributed by atoms with van der Waals surface area (Å²) >= 11 is 5.40. The molecule has 1 aliphatic heterocycles. The Balaban J connectivity index is 1.60. The Morgan fingerprint density at radius 1 is 1.09 bits per heavy atom. The highest BCUT2D eigenvalue weighted by Gasteiger charge is 2.34. The fourth-order valence-electron chi connectivity index (χ4n) is 3.38. The number of thiocarbonyl (C=S) groups is 1. The smallest absolute Gasteiger partial charge is 0.308 e. The maximum absolute atomic E-state index is 13.0. The number of carbonyl (C=O) groups is 3. The molecule has 0 saturated carbocycles. The second-order valence-electron chi connectivity index (χ2n) is 7.27. The Hall–Kier alpha value is -3.66. The number of benzene rings is 2. The molecule has 9 nitrogen and oxygen atoms in total. The third-order valence-corrected chi connectivity index (χ3v) is 5.30.